The molecule has 0 radical (unpaired) electrons. The minimum Gasteiger partial charge on any atom is -0.371 e. The highest BCUT2D eigenvalue weighted by Crippen LogP contribution is 2.55. The van der Waals surface area contributed by atoms with Gasteiger partial charge in [0.1, 0.15) is 0 Å². The largest absolute Gasteiger partial charge is 0.457 e. The molecule has 23 heavy (non-hydrogen) atoms. The third-order valence-electron chi connectivity index (χ3n) is 3.71. The van der Waals surface area contributed by atoms with Crippen molar-refractivity contribution in [1.82, 2.24) is 0 Å². The molecule has 0 aliphatic carbocycles. The Morgan fingerprint density at radius 3 is 1.87 bits per heavy atom. The normalized spacial score (nSPS) is 17.7. The third-order valence-corrected chi connectivity index (χ3v) is 3.71. The first-order chi connectivity index (χ1) is 10.2. The molecule has 0 amide bonds. The number of hydrogen-bond donors (Lipinski definition) is 1. The van der Waals surface area contributed by atoms with Crippen molar-refractivity contribution in [2.75, 3.05) is 0 Å². The van der Waals surface area contributed by atoms with E-state index in [0.29, 0.717) is 18.6 Å². The van der Waals surface area contributed by atoms with E-state index < -0.39 is 29.4 Å². The smallest absolute Gasteiger partial charge is 0.371 e. The van der Waals surface area contributed by atoms with Crippen LogP contribution in [-0.2, 0) is 5.60 Å². The first kappa shape index (κ1) is 19.7. The zero-order valence-electron chi connectivity index (χ0n) is 12.1. The molecule has 1 aromatic carbocycles. The monoisotopic (exact) mass is 350 g/mol. The van der Waals surface area contributed by atoms with Crippen molar-refractivity contribution in [2.45, 2.75) is 50.1 Å². The van der Waals surface area contributed by atoms with Gasteiger partial charge < -0.3 is 5.11 Å². The van der Waals surface area contributed by atoms with Crippen LogP contribution < -0.4 is 0 Å². The van der Waals surface area contributed by atoms with Crippen LogP contribution in [0.1, 0.15) is 37.3 Å². The molecule has 1 rings (SSSR count). The Labute approximate surface area is 126 Å². The van der Waals surface area contributed by atoms with Crippen LogP contribution in [0.3, 0.4) is 0 Å². The molecule has 0 bridgehead atoms. The molecule has 0 aliphatic rings. The van der Waals surface area contributed by atoms with Crippen LogP contribution in [0.25, 0.3) is 0 Å². The fourth-order valence-electron chi connectivity index (χ4n) is 2.03. The first-order valence-corrected chi connectivity index (χ1v) is 6.54. The number of hydrogen-bond acceptors (Lipinski definition) is 1. The van der Waals surface area contributed by atoms with Crippen LogP contribution in [0.4, 0.5) is 35.1 Å². The van der Waals surface area contributed by atoms with Crippen LogP contribution in [0.5, 0.6) is 0 Å². The highest BCUT2D eigenvalue weighted by Gasteiger charge is 2.80. The summed E-state index contributed by atoms with van der Waals surface area (Å²) in [6.07, 6.45) is -12.4. The summed E-state index contributed by atoms with van der Waals surface area (Å²) in [7, 11) is 0. The van der Waals surface area contributed by atoms with Gasteiger partial charge in [0, 0.05) is 0 Å². The fourth-order valence-corrected chi connectivity index (χ4v) is 2.03. The summed E-state index contributed by atoms with van der Waals surface area (Å²) in [6, 6.07) is 3.13. The van der Waals surface area contributed by atoms with Gasteiger partial charge in [0.2, 0.25) is 0 Å². The Balaban J connectivity index is 3.63. The number of alkyl halides is 8. The van der Waals surface area contributed by atoms with Gasteiger partial charge >= 0.3 is 18.3 Å². The van der Waals surface area contributed by atoms with Gasteiger partial charge in [0.25, 0.3) is 5.60 Å². The number of rotatable bonds is 4. The van der Waals surface area contributed by atoms with Gasteiger partial charge in [-0.15, -0.1) is 0 Å². The average molecular weight is 350 g/mol. The van der Waals surface area contributed by atoms with Crippen LogP contribution in [-0.4, -0.2) is 23.4 Å². The zero-order chi connectivity index (χ0) is 18.3. The van der Waals surface area contributed by atoms with Crippen molar-refractivity contribution in [3.63, 3.8) is 0 Å². The second-order valence-corrected chi connectivity index (χ2v) is 5.22. The second-order valence-electron chi connectivity index (χ2n) is 5.22. The zero-order valence-corrected chi connectivity index (χ0v) is 12.1. The van der Waals surface area contributed by atoms with Gasteiger partial charge in [-0.25, -0.2) is 0 Å². The number of halogens is 8. The molecule has 1 nitrogen and oxygen atoms in total. The summed E-state index contributed by atoms with van der Waals surface area (Å²) in [5, 5.41) is 9.47. The highest BCUT2D eigenvalue weighted by molar-refractivity contribution is 5.34. The SMILES string of the molecule is CCC(C)c1cccc(C(O)(C(F)(F)F)C(F)(F)C(F)(F)F)c1. The Morgan fingerprint density at radius 2 is 1.48 bits per heavy atom. The number of benzene rings is 1. The van der Waals surface area contributed by atoms with E-state index in [2.05, 4.69) is 0 Å². The molecule has 1 aromatic rings. The molecule has 0 fully saturated rings. The van der Waals surface area contributed by atoms with Crippen molar-refractivity contribution in [1.29, 1.82) is 0 Å². The van der Waals surface area contributed by atoms with Crippen LogP contribution in [0, 0.1) is 0 Å². The minimum absolute atomic E-state index is 0.116. The summed E-state index contributed by atoms with van der Waals surface area (Å²) in [6.45, 7) is 3.23. The van der Waals surface area contributed by atoms with Crippen molar-refractivity contribution in [3.05, 3.63) is 35.4 Å². The molecule has 0 heterocycles. The van der Waals surface area contributed by atoms with Crippen LogP contribution in [0.2, 0.25) is 0 Å². The van der Waals surface area contributed by atoms with Crippen molar-refractivity contribution < 1.29 is 40.2 Å². The Kier molecular flexibility index (Phi) is 5.06. The van der Waals surface area contributed by atoms with Gasteiger partial charge in [-0.2, -0.15) is 35.1 Å². The van der Waals surface area contributed by atoms with Crippen LogP contribution in [0.15, 0.2) is 24.3 Å². The van der Waals surface area contributed by atoms with E-state index in [9.17, 15) is 40.2 Å². The van der Waals surface area contributed by atoms with Crippen LogP contribution >= 0.6 is 0 Å². The Morgan fingerprint density at radius 1 is 0.957 bits per heavy atom. The maximum absolute atomic E-state index is 13.5. The van der Waals surface area contributed by atoms with Crippen molar-refractivity contribution in [3.8, 4) is 0 Å². The molecule has 2 unspecified atom stereocenters. The molecule has 1 N–H and O–H groups in total. The summed E-state index contributed by atoms with van der Waals surface area (Å²) >= 11 is 0. The van der Waals surface area contributed by atoms with Gasteiger partial charge in [0.05, 0.1) is 0 Å². The van der Waals surface area contributed by atoms with E-state index in [1.54, 1.807) is 13.8 Å². The maximum atomic E-state index is 13.5. The lowest BCUT2D eigenvalue weighted by atomic mass is 9.83. The predicted octanol–water partition coefficient (Wildman–Crippen LogP) is 5.15. The van der Waals surface area contributed by atoms with E-state index in [1.807, 2.05) is 0 Å². The van der Waals surface area contributed by atoms with E-state index in [1.165, 1.54) is 6.07 Å². The van der Waals surface area contributed by atoms with Gasteiger partial charge in [-0.05, 0) is 23.5 Å². The molecule has 2 atom stereocenters. The maximum Gasteiger partial charge on any atom is 0.457 e. The van der Waals surface area contributed by atoms with Gasteiger partial charge in [-0.3, -0.25) is 0 Å². The van der Waals surface area contributed by atoms with Gasteiger partial charge in [0.15, 0.2) is 0 Å². The topological polar surface area (TPSA) is 20.2 Å². The Bertz CT molecular complexity index is 548. The van der Waals surface area contributed by atoms with Crippen molar-refractivity contribution in [2.24, 2.45) is 0 Å². The molecule has 0 saturated heterocycles. The Hall–Kier alpha value is -1.38. The first-order valence-electron chi connectivity index (χ1n) is 6.54. The summed E-state index contributed by atoms with van der Waals surface area (Å²) < 4.78 is 103. The van der Waals surface area contributed by atoms with E-state index in [4.69, 9.17) is 0 Å². The molecule has 0 spiro atoms. The summed E-state index contributed by atoms with van der Waals surface area (Å²) in [5.41, 5.74) is -6.81. The van der Waals surface area contributed by atoms with Gasteiger partial charge in [-0.1, -0.05) is 38.1 Å². The highest BCUT2D eigenvalue weighted by atomic mass is 19.4. The standard InChI is InChI=1S/C14H14F8O/c1-3-8(2)9-5-4-6-10(7-9)11(23,13(17,18)19)12(15,16)14(20,21)22/h4-8,23H,3H2,1-2H3. The van der Waals surface area contributed by atoms with E-state index in [0.717, 1.165) is 6.07 Å². The summed E-state index contributed by atoms with van der Waals surface area (Å²) in [4.78, 5) is 0. The summed E-state index contributed by atoms with van der Waals surface area (Å²) in [5.74, 6) is -6.79. The molecule has 0 aromatic heterocycles. The lowest BCUT2D eigenvalue weighted by molar-refractivity contribution is -0.409. The fraction of sp³-hybridized carbons (Fsp3) is 0.571. The van der Waals surface area contributed by atoms with E-state index >= 15 is 0 Å². The molecule has 9 heteroatoms. The van der Waals surface area contributed by atoms with E-state index in [-0.39, 0.29) is 11.5 Å². The third kappa shape index (κ3) is 3.15. The molecular formula is C14H14F8O. The molecular weight excluding hydrogens is 336 g/mol. The minimum atomic E-state index is -6.58. The van der Waals surface area contributed by atoms with Crippen molar-refractivity contribution >= 4 is 0 Å². The number of aliphatic hydroxyl groups is 1. The molecule has 0 aliphatic heterocycles. The second kappa shape index (κ2) is 5.92. The predicted molar refractivity (Wildman–Crippen MR) is 66.1 cm³/mol. The lowest BCUT2D eigenvalue weighted by Crippen LogP contribution is -2.62. The quantitative estimate of drug-likeness (QED) is 0.745. The average Bonchev–Trinajstić information content (AvgIpc) is 2.43. The molecule has 132 valence electrons. The molecule has 0 saturated carbocycles. The lowest BCUT2D eigenvalue weighted by Gasteiger charge is -2.38.